The summed E-state index contributed by atoms with van der Waals surface area (Å²) in [7, 11) is 0. The minimum atomic E-state index is -0.127. The number of aliphatic hydroxyl groups excluding tert-OH is 1. The molecular weight excluding hydrogens is 150 g/mol. The summed E-state index contributed by atoms with van der Waals surface area (Å²) in [5.41, 5.74) is 0.128. The van der Waals surface area contributed by atoms with Crippen LogP contribution in [0.5, 0.6) is 0 Å². The Kier molecular flexibility index (Phi) is 3.13. The van der Waals surface area contributed by atoms with Crippen LogP contribution in [0.3, 0.4) is 0 Å². The maximum Gasteiger partial charge on any atom is 0.0693 e. The molecule has 2 N–H and O–H groups in total. The minimum Gasteiger partial charge on any atom is -0.392 e. The van der Waals surface area contributed by atoms with Crippen molar-refractivity contribution in [1.29, 1.82) is 0 Å². The van der Waals surface area contributed by atoms with E-state index in [-0.39, 0.29) is 11.6 Å². The Morgan fingerprint density at radius 1 is 1.17 bits per heavy atom. The third-order valence-electron chi connectivity index (χ3n) is 2.35. The molecule has 0 aromatic carbocycles. The molecule has 1 aliphatic carbocycles. The van der Waals surface area contributed by atoms with Gasteiger partial charge in [-0.05, 0) is 33.6 Å². The van der Waals surface area contributed by atoms with E-state index in [1.165, 1.54) is 12.8 Å². The molecule has 0 aliphatic heterocycles. The summed E-state index contributed by atoms with van der Waals surface area (Å²) in [5, 5.41) is 13.1. The third-order valence-corrected chi connectivity index (χ3v) is 2.35. The van der Waals surface area contributed by atoms with Crippen LogP contribution in [-0.2, 0) is 0 Å². The van der Waals surface area contributed by atoms with E-state index in [0.29, 0.717) is 6.04 Å². The van der Waals surface area contributed by atoms with Crippen LogP contribution in [0.25, 0.3) is 0 Å². The molecular formula is C10H21NO. The van der Waals surface area contributed by atoms with Crippen molar-refractivity contribution in [2.45, 2.75) is 64.1 Å². The van der Waals surface area contributed by atoms with Crippen molar-refractivity contribution in [3.8, 4) is 0 Å². The topological polar surface area (TPSA) is 32.3 Å². The van der Waals surface area contributed by atoms with Crippen molar-refractivity contribution in [2.24, 2.45) is 0 Å². The molecule has 2 unspecified atom stereocenters. The molecule has 72 valence electrons. The van der Waals surface area contributed by atoms with Crippen LogP contribution in [0.2, 0.25) is 0 Å². The molecule has 1 rings (SSSR count). The summed E-state index contributed by atoms with van der Waals surface area (Å²) in [4.78, 5) is 0. The van der Waals surface area contributed by atoms with Gasteiger partial charge in [0.25, 0.3) is 0 Å². The molecule has 0 bridgehead atoms. The first-order chi connectivity index (χ1) is 5.49. The molecule has 1 saturated carbocycles. The van der Waals surface area contributed by atoms with Crippen LogP contribution in [0.1, 0.15) is 46.5 Å². The molecule has 1 aliphatic rings. The Morgan fingerprint density at radius 2 is 1.75 bits per heavy atom. The maximum absolute atomic E-state index is 9.67. The van der Waals surface area contributed by atoms with Gasteiger partial charge >= 0.3 is 0 Å². The van der Waals surface area contributed by atoms with Gasteiger partial charge in [0, 0.05) is 11.6 Å². The molecule has 0 aromatic heterocycles. The zero-order chi connectivity index (χ0) is 9.19. The molecule has 0 heterocycles. The quantitative estimate of drug-likeness (QED) is 0.629. The predicted molar refractivity (Wildman–Crippen MR) is 51.2 cm³/mol. The van der Waals surface area contributed by atoms with Crippen molar-refractivity contribution in [1.82, 2.24) is 5.32 Å². The first-order valence-electron chi connectivity index (χ1n) is 4.95. The molecule has 0 saturated heterocycles. The Balaban J connectivity index is 2.39. The molecule has 2 heteroatoms. The van der Waals surface area contributed by atoms with Crippen LogP contribution < -0.4 is 5.32 Å². The van der Waals surface area contributed by atoms with E-state index in [1.54, 1.807) is 0 Å². The number of hydrogen-bond acceptors (Lipinski definition) is 2. The largest absolute Gasteiger partial charge is 0.392 e. The minimum absolute atomic E-state index is 0.127. The summed E-state index contributed by atoms with van der Waals surface area (Å²) >= 11 is 0. The molecule has 12 heavy (non-hydrogen) atoms. The first kappa shape index (κ1) is 10.0. The predicted octanol–water partition coefficient (Wildman–Crippen LogP) is 1.68. The number of rotatable bonds is 1. The van der Waals surface area contributed by atoms with Crippen molar-refractivity contribution in [3.05, 3.63) is 0 Å². The van der Waals surface area contributed by atoms with Crippen LogP contribution in [-0.4, -0.2) is 22.8 Å². The average Bonchev–Trinajstić information content (AvgIpc) is 1.91. The highest BCUT2D eigenvalue weighted by Gasteiger charge is 2.26. The highest BCUT2D eigenvalue weighted by molar-refractivity contribution is 4.85. The lowest BCUT2D eigenvalue weighted by molar-refractivity contribution is 0.0781. The molecule has 1 fully saturated rings. The number of hydrogen-bond donors (Lipinski definition) is 2. The van der Waals surface area contributed by atoms with Crippen LogP contribution in [0, 0.1) is 0 Å². The molecule has 2 nitrogen and oxygen atoms in total. The van der Waals surface area contributed by atoms with Gasteiger partial charge in [-0.2, -0.15) is 0 Å². The van der Waals surface area contributed by atoms with E-state index in [0.717, 1.165) is 12.8 Å². The van der Waals surface area contributed by atoms with Crippen molar-refractivity contribution in [2.75, 3.05) is 0 Å². The van der Waals surface area contributed by atoms with Crippen LogP contribution >= 0.6 is 0 Å². The van der Waals surface area contributed by atoms with Gasteiger partial charge < -0.3 is 10.4 Å². The summed E-state index contributed by atoms with van der Waals surface area (Å²) < 4.78 is 0. The molecule has 0 radical (unpaired) electrons. The third kappa shape index (κ3) is 3.11. The maximum atomic E-state index is 9.67. The van der Waals surface area contributed by atoms with E-state index in [1.807, 2.05) is 0 Å². The van der Waals surface area contributed by atoms with E-state index in [4.69, 9.17) is 0 Å². The lowest BCUT2D eigenvalue weighted by Gasteiger charge is -2.34. The zero-order valence-electron chi connectivity index (χ0n) is 8.43. The molecule has 0 amide bonds. The van der Waals surface area contributed by atoms with Crippen molar-refractivity contribution < 1.29 is 5.11 Å². The molecule has 2 atom stereocenters. The lowest BCUT2D eigenvalue weighted by atomic mass is 9.91. The summed E-state index contributed by atoms with van der Waals surface area (Å²) in [6.07, 6.45) is 4.40. The SMILES string of the molecule is CC(C)(C)NC1CCCCC1O. The van der Waals surface area contributed by atoms with Gasteiger partial charge in [0.1, 0.15) is 0 Å². The number of nitrogens with one attached hydrogen (secondary N) is 1. The van der Waals surface area contributed by atoms with Gasteiger partial charge in [-0.3, -0.25) is 0 Å². The van der Waals surface area contributed by atoms with Gasteiger partial charge in [0.05, 0.1) is 6.10 Å². The van der Waals surface area contributed by atoms with Gasteiger partial charge in [0.15, 0.2) is 0 Å². The summed E-state index contributed by atoms with van der Waals surface area (Å²) in [6, 6.07) is 0.318. The summed E-state index contributed by atoms with van der Waals surface area (Å²) in [6.45, 7) is 6.44. The Bertz CT molecular complexity index is 139. The fraction of sp³-hybridized carbons (Fsp3) is 1.00. The zero-order valence-corrected chi connectivity index (χ0v) is 8.43. The summed E-state index contributed by atoms with van der Waals surface area (Å²) in [5.74, 6) is 0. The van der Waals surface area contributed by atoms with Crippen molar-refractivity contribution >= 4 is 0 Å². The second-order valence-electron chi connectivity index (χ2n) is 4.85. The normalized spacial score (nSPS) is 32.0. The van der Waals surface area contributed by atoms with Gasteiger partial charge in [0.2, 0.25) is 0 Å². The highest BCUT2D eigenvalue weighted by Crippen LogP contribution is 2.20. The Morgan fingerprint density at radius 3 is 2.25 bits per heavy atom. The lowest BCUT2D eigenvalue weighted by Crippen LogP contribution is -2.50. The molecule has 0 spiro atoms. The Labute approximate surface area is 75.4 Å². The number of aliphatic hydroxyl groups is 1. The van der Waals surface area contributed by atoms with E-state index >= 15 is 0 Å². The van der Waals surface area contributed by atoms with Crippen LogP contribution in [0.4, 0.5) is 0 Å². The van der Waals surface area contributed by atoms with Gasteiger partial charge in [-0.25, -0.2) is 0 Å². The average molecular weight is 171 g/mol. The Hall–Kier alpha value is -0.0800. The second kappa shape index (κ2) is 3.75. The second-order valence-corrected chi connectivity index (χ2v) is 4.85. The van der Waals surface area contributed by atoms with Crippen molar-refractivity contribution in [3.63, 3.8) is 0 Å². The fourth-order valence-electron chi connectivity index (χ4n) is 1.84. The highest BCUT2D eigenvalue weighted by atomic mass is 16.3. The first-order valence-corrected chi connectivity index (χ1v) is 4.95. The van der Waals surface area contributed by atoms with Gasteiger partial charge in [-0.15, -0.1) is 0 Å². The molecule has 0 aromatic rings. The van der Waals surface area contributed by atoms with E-state index < -0.39 is 0 Å². The standard InChI is InChI=1S/C10H21NO/c1-10(2,3)11-8-6-4-5-7-9(8)12/h8-9,11-12H,4-7H2,1-3H3. The fourth-order valence-corrected chi connectivity index (χ4v) is 1.84. The van der Waals surface area contributed by atoms with Crippen LogP contribution in [0.15, 0.2) is 0 Å². The van der Waals surface area contributed by atoms with Gasteiger partial charge in [-0.1, -0.05) is 12.8 Å². The van der Waals surface area contributed by atoms with E-state index in [9.17, 15) is 5.11 Å². The van der Waals surface area contributed by atoms with E-state index in [2.05, 4.69) is 26.1 Å². The smallest absolute Gasteiger partial charge is 0.0693 e. The monoisotopic (exact) mass is 171 g/mol.